The van der Waals surface area contributed by atoms with Gasteiger partial charge in [-0.05, 0) is 24.1 Å². The van der Waals surface area contributed by atoms with E-state index in [9.17, 15) is 9.59 Å². The van der Waals surface area contributed by atoms with Gasteiger partial charge in [-0.3, -0.25) is 9.36 Å². The Morgan fingerprint density at radius 1 is 1.33 bits per heavy atom. The maximum absolute atomic E-state index is 11.5. The van der Waals surface area contributed by atoms with Gasteiger partial charge >= 0.3 is 5.76 Å². The van der Waals surface area contributed by atoms with E-state index in [0.29, 0.717) is 24.6 Å². The first-order valence-corrected chi connectivity index (χ1v) is 7.10. The van der Waals surface area contributed by atoms with Crippen LogP contribution < -0.4 is 11.1 Å². The number of amides is 1. The number of likely N-dealkylation sites (tertiary alicyclic amines) is 1. The molecule has 21 heavy (non-hydrogen) atoms. The normalized spacial score (nSPS) is 19.4. The van der Waals surface area contributed by atoms with Crippen molar-refractivity contribution in [2.75, 3.05) is 13.6 Å². The molecule has 2 heterocycles. The first-order valence-electron chi connectivity index (χ1n) is 7.10. The van der Waals surface area contributed by atoms with Crippen LogP contribution in [-0.4, -0.2) is 35.0 Å². The van der Waals surface area contributed by atoms with Crippen molar-refractivity contribution in [1.29, 1.82) is 0 Å². The number of carbonyl (C=O) groups is 1. The minimum atomic E-state index is -0.345. The second-order valence-corrected chi connectivity index (χ2v) is 5.62. The Labute approximate surface area is 122 Å². The van der Waals surface area contributed by atoms with Crippen LogP contribution in [0.1, 0.15) is 18.4 Å². The van der Waals surface area contributed by atoms with Crippen LogP contribution in [0.5, 0.6) is 0 Å². The van der Waals surface area contributed by atoms with E-state index in [-0.39, 0.29) is 11.7 Å². The number of rotatable bonds is 3. The average molecular weight is 289 g/mol. The number of carbonyl (C=O) groups excluding carboxylic acids is 1. The van der Waals surface area contributed by atoms with Gasteiger partial charge in [0.2, 0.25) is 5.91 Å². The number of fused-ring (bicyclic) bond motifs is 1. The lowest BCUT2D eigenvalue weighted by Gasteiger charge is -2.30. The summed E-state index contributed by atoms with van der Waals surface area (Å²) >= 11 is 0. The van der Waals surface area contributed by atoms with Crippen molar-refractivity contribution in [2.24, 2.45) is 7.05 Å². The Kier molecular flexibility index (Phi) is 3.55. The van der Waals surface area contributed by atoms with Crippen LogP contribution in [0.3, 0.4) is 0 Å². The Morgan fingerprint density at radius 3 is 2.90 bits per heavy atom. The fourth-order valence-corrected chi connectivity index (χ4v) is 2.73. The molecule has 112 valence electrons. The standard InChI is InChI=1S/C15H19N3O3/c1-17-9-11(4-6-14(17)19)16-8-10-3-5-12-13(7-10)21-15(20)18(12)2/h3,5,7,11,16H,4,6,8-9H2,1-2H3/t11-/m1/s1. The predicted octanol–water partition coefficient (Wildman–Crippen LogP) is 0.842. The van der Waals surface area contributed by atoms with Crippen molar-refractivity contribution >= 4 is 17.0 Å². The third-order valence-electron chi connectivity index (χ3n) is 4.08. The van der Waals surface area contributed by atoms with Crippen LogP contribution in [0.25, 0.3) is 11.1 Å². The molecular weight excluding hydrogens is 270 g/mol. The van der Waals surface area contributed by atoms with Gasteiger partial charge in [0.15, 0.2) is 5.58 Å². The summed E-state index contributed by atoms with van der Waals surface area (Å²) < 4.78 is 6.68. The number of benzene rings is 1. The maximum atomic E-state index is 11.5. The van der Waals surface area contributed by atoms with Crippen molar-refractivity contribution in [3.8, 4) is 0 Å². The van der Waals surface area contributed by atoms with Crippen LogP contribution >= 0.6 is 0 Å². The molecule has 1 aromatic heterocycles. The van der Waals surface area contributed by atoms with Crippen molar-refractivity contribution in [1.82, 2.24) is 14.8 Å². The monoisotopic (exact) mass is 289 g/mol. The van der Waals surface area contributed by atoms with E-state index in [2.05, 4.69) is 5.32 Å². The molecule has 0 spiro atoms. The average Bonchev–Trinajstić information content (AvgIpc) is 2.75. The predicted molar refractivity (Wildman–Crippen MR) is 79.0 cm³/mol. The highest BCUT2D eigenvalue weighted by molar-refractivity contribution is 5.76. The summed E-state index contributed by atoms with van der Waals surface area (Å²) in [5.74, 6) is -0.136. The Bertz CT molecular complexity index is 731. The number of aryl methyl sites for hydroxylation is 1. The number of likely N-dealkylation sites (N-methyl/N-ethyl adjacent to an activating group) is 1. The fourth-order valence-electron chi connectivity index (χ4n) is 2.73. The molecule has 1 aliphatic heterocycles. The molecule has 1 fully saturated rings. The van der Waals surface area contributed by atoms with Gasteiger partial charge in [-0.2, -0.15) is 0 Å². The topological polar surface area (TPSA) is 67.5 Å². The zero-order valence-corrected chi connectivity index (χ0v) is 12.3. The number of oxazole rings is 1. The second-order valence-electron chi connectivity index (χ2n) is 5.62. The zero-order chi connectivity index (χ0) is 15.0. The lowest BCUT2D eigenvalue weighted by atomic mass is 10.1. The summed E-state index contributed by atoms with van der Waals surface area (Å²) in [5, 5.41) is 3.45. The van der Waals surface area contributed by atoms with Crippen LogP contribution in [-0.2, 0) is 18.4 Å². The first-order chi connectivity index (χ1) is 10.0. The molecule has 1 aliphatic rings. The van der Waals surface area contributed by atoms with Crippen LogP contribution in [0, 0.1) is 0 Å². The fraction of sp³-hybridized carbons (Fsp3) is 0.467. The van der Waals surface area contributed by atoms with Gasteiger partial charge in [-0.25, -0.2) is 4.79 Å². The summed E-state index contributed by atoms with van der Waals surface area (Å²) in [5.41, 5.74) is 2.47. The summed E-state index contributed by atoms with van der Waals surface area (Å²) in [4.78, 5) is 24.7. The molecule has 1 atom stereocenters. The van der Waals surface area contributed by atoms with E-state index in [4.69, 9.17) is 4.42 Å². The van der Waals surface area contributed by atoms with Gasteiger partial charge in [0.1, 0.15) is 0 Å². The van der Waals surface area contributed by atoms with E-state index in [1.54, 1.807) is 11.9 Å². The molecule has 0 unspecified atom stereocenters. The van der Waals surface area contributed by atoms with Gasteiger partial charge in [-0.15, -0.1) is 0 Å². The first kappa shape index (κ1) is 13.9. The molecule has 1 N–H and O–H groups in total. The molecule has 0 saturated carbocycles. The third-order valence-corrected chi connectivity index (χ3v) is 4.08. The number of nitrogens with zero attached hydrogens (tertiary/aromatic N) is 2. The Hall–Kier alpha value is -2.08. The number of piperidine rings is 1. The molecule has 6 heteroatoms. The van der Waals surface area contributed by atoms with Gasteiger partial charge in [0.25, 0.3) is 0 Å². The van der Waals surface area contributed by atoms with E-state index in [1.807, 2.05) is 25.2 Å². The number of hydrogen-bond acceptors (Lipinski definition) is 4. The van der Waals surface area contributed by atoms with Crippen molar-refractivity contribution in [2.45, 2.75) is 25.4 Å². The Balaban J connectivity index is 1.68. The van der Waals surface area contributed by atoms with Crippen molar-refractivity contribution in [3.05, 3.63) is 34.3 Å². The zero-order valence-electron chi connectivity index (χ0n) is 12.3. The largest absolute Gasteiger partial charge is 0.419 e. The Morgan fingerprint density at radius 2 is 2.14 bits per heavy atom. The van der Waals surface area contributed by atoms with Crippen LogP contribution in [0.4, 0.5) is 0 Å². The van der Waals surface area contributed by atoms with Gasteiger partial charge in [-0.1, -0.05) is 6.07 Å². The molecule has 1 saturated heterocycles. The SMILES string of the molecule is CN1C[C@H](NCc2ccc3c(c2)oc(=O)n3C)CCC1=O. The lowest BCUT2D eigenvalue weighted by molar-refractivity contribution is -0.132. The number of hydrogen-bond donors (Lipinski definition) is 1. The van der Waals surface area contributed by atoms with E-state index in [1.165, 1.54) is 4.57 Å². The summed E-state index contributed by atoms with van der Waals surface area (Å²) in [7, 11) is 3.53. The summed E-state index contributed by atoms with van der Waals surface area (Å²) in [6.07, 6.45) is 1.46. The second kappa shape index (κ2) is 5.37. The molecule has 0 bridgehead atoms. The highest BCUT2D eigenvalue weighted by Gasteiger charge is 2.22. The molecule has 1 amide bonds. The van der Waals surface area contributed by atoms with E-state index in [0.717, 1.165) is 24.0 Å². The van der Waals surface area contributed by atoms with Gasteiger partial charge in [0, 0.05) is 39.6 Å². The van der Waals surface area contributed by atoms with Gasteiger partial charge < -0.3 is 14.6 Å². The molecule has 3 rings (SSSR count). The van der Waals surface area contributed by atoms with Crippen molar-refractivity contribution < 1.29 is 9.21 Å². The summed E-state index contributed by atoms with van der Waals surface area (Å²) in [6.45, 7) is 1.43. The van der Waals surface area contributed by atoms with Crippen LogP contribution in [0.2, 0.25) is 0 Å². The molecule has 2 aromatic rings. The maximum Gasteiger partial charge on any atom is 0.419 e. The molecule has 1 aromatic carbocycles. The number of nitrogens with one attached hydrogen (secondary N) is 1. The minimum Gasteiger partial charge on any atom is -0.408 e. The highest BCUT2D eigenvalue weighted by Crippen LogP contribution is 2.15. The van der Waals surface area contributed by atoms with Crippen LogP contribution in [0.15, 0.2) is 27.4 Å². The number of aromatic nitrogens is 1. The summed E-state index contributed by atoms with van der Waals surface area (Å²) in [6, 6.07) is 6.09. The molecule has 0 radical (unpaired) electrons. The molecule has 6 nitrogen and oxygen atoms in total. The molecule has 0 aliphatic carbocycles. The van der Waals surface area contributed by atoms with E-state index < -0.39 is 0 Å². The lowest BCUT2D eigenvalue weighted by Crippen LogP contribution is -2.46. The van der Waals surface area contributed by atoms with E-state index >= 15 is 0 Å². The quantitative estimate of drug-likeness (QED) is 0.909. The van der Waals surface area contributed by atoms with Gasteiger partial charge in [0.05, 0.1) is 5.52 Å². The highest BCUT2D eigenvalue weighted by atomic mass is 16.4. The minimum absolute atomic E-state index is 0.209. The smallest absolute Gasteiger partial charge is 0.408 e. The molecular formula is C15H19N3O3. The third kappa shape index (κ3) is 2.71. The van der Waals surface area contributed by atoms with Crippen molar-refractivity contribution in [3.63, 3.8) is 0 Å².